The average molecular weight is 669 g/mol. The number of rotatable bonds is 8. The molecular formula is C35H30BrN3O4S. The van der Waals surface area contributed by atoms with E-state index >= 15 is 0 Å². The first-order valence-electron chi connectivity index (χ1n) is 14.0. The van der Waals surface area contributed by atoms with Crippen molar-refractivity contribution in [2.75, 3.05) is 21.6 Å². The van der Waals surface area contributed by atoms with Gasteiger partial charge in [0.2, 0.25) is 0 Å². The summed E-state index contributed by atoms with van der Waals surface area (Å²) in [5.74, 6) is 0.343. The van der Waals surface area contributed by atoms with Gasteiger partial charge in [0.15, 0.2) is 0 Å². The molecule has 0 unspecified atom stereocenters. The molecule has 222 valence electrons. The maximum atomic E-state index is 14.6. The van der Waals surface area contributed by atoms with E-state index in [1.54, 1.807) is 36.3 Å². The van der Waals surface area contributed by atoms with E-state index in [2.05, 4.69) is 25.6 Å². The molecule has 0 saturated heterocycles. The molecule has 1 aliphatic heterocycles. The Labute approximate surface area is 265 Å². The zero-order valence-corrected chi connectivity index (χ0v) is 26.5. The van der Waals surface area contributed by atoms with Crippen molar-refractivity contribution in [1.82, 2.24) is 0 Å². The number of nitrogens with zero attached hydrogens (tertiary/aromatic N) is 2. The fraction of sp³-hybridized carbons (Fsp3) is 0.114. The number of ether oxygens (including phenoxy) is 1. The maximum Gasteiger partial charge on any atom is 0.262 e. The van der Waals surface area contributed by atoms with Crippen LogP contribution >= 0.6 is 15.9 Å². The summed E-state index contributed by atoms with van der Waals surface area (Å²) in [6.07, 6.45) is -0.549. The second-order valence-electron chi connectivity index (χ2n) is 10.5. The van der Waals surface area contributed by atoms with Gasteiger partial charge in [-0.15, -0.1) is 0 Å². The molecule has 0 saturated carbocycles. The predicted octanol–water partition coefficient (Wildman–Crippen LogP) is 7.93. The number of aryl methyl sites for hydroxylation is 1. The lowest BCUT2D eigenvalue weighted by atomic mass is 9.99. The number of benzene rings is 5. The SMILES string of the molecule is COc1ccc(N2C(=O)c3cc(S(=O)(=O)Nc4ccc(C)cc4)ccc3N(Cc3ccccc3)[C@H]2c2ccccc2Br)cc1. The highest BCUT2D eigenvalue weighted by molar-refractivity contribution is 9.10. The summed E-state index contributed by atoms with van der Waals surface area (Å²) in [6.45, 7) is 2.40. The summed E-state index contributed by atoms with van der Waals surface area (Å²) < 4.78 is 35.9. The Kier molecular flexibility index (Phi) is 8.16. The highest BCUT2D eigenvalue weighted by atomic mass is 79.9. The summed E-state index contributed by atoms with van der Waals surface area (Å²) in [5, 5.41) is 0. The summed E-state index contributed by atoms with van der Waals surface area (Å²) in [4.78, 5) is 18.4. The van der Waals surface area contributed by atoms with Gasteiger partial charge in [-0.2, -0.15) is 0 Å². The molecule has 0 aliphatic carbocycles. The molecule has 1 aliphatic rings. The summed E-state index contributed by atoms with van der Waals surface area (Å²) in [5.41, 5.74) is 4.95. The minimum atomic E-state index is -3.99. The standard InChI is InChI=1S/C35H30BrN3O4S/c1-24-12-14-26(15-13-24)37-44(41,42)29-20-21-33-31(22-29)35(40)39(27-16-18-28(43-2)19-17-27)34(30-10-6-7-11-32(30)36)38(33)23-25-8-4-3-5-9-25/h3-22,34,37H,23H2,1-2H3/t34-/m1/s1. The lowest BCUT2D eigenvalue weighted by Crippen LogP contribution is -2.49. The molecule has 0 aromatic heterocycles. The topological polar surface area (TPSA) is 78.9 Å². The fourth-order valence-electron chi connectivity index (χ4n) is 5.40. The van der Waals surface area contributed by atoms with E-state index in [-0.39, 0.29) is 16.4 Å². The molecule has 6 rings (SSSR count). The average Bonchev–Trinajstić information content (AvgIpc) is 3.04. The van der Waals surface area contributed by atoms with E-state index in [1.165, 1.54) is 6.07 Å². The molecule has 1 amide bonds. The molecule has 9 heteroatoms. The zero-order valence-electron chi connectivity index (χ0n) is 24.1. The van der Waals surface area contributed by atoms with Crippen molar-refractivity contribution in [2.24, 2.45) is 0 Å². The zero-order chi connectivity index (χ0) is 30.8. The van der Waals surface area contributed by atoms with Crippen molar-refractivity contribution >= 4 is 48.9 Å². The number of hydrogen-bond donors (Lipinski definition) is 1. The van der Waals surface area contributed by atoms with Crippen molar-refractivity contribution in [3.63, 3.8) is 0 Å². The number of halogens is 1. The van der Waals surface area contributed by atoms with Crippen LogP contribution in [0.3, 0.4) is 0 Å². The molecule has 0 radical (unpaired) electrons. The number of carbonyl (C=O) groups is 1. The highest BCUT2D eigenvalue weighted by Crippen LogP contribution is 2.45. The minimum absolute atomic E-state index is 0.00106. The number of anilines is 3. The minimum Gasteiger partial charge on any atom is -0.497 e. The van der Waals surface area contributed by atoms with Gasteiger partial charge in [0.25, 0.3) is 15.9 Å². The normalized spacial score (nSPS) is 14.7. The monoisotopic (exact) mass is 667 g/mol. The Morgan fingerprint density at radius 2 is 1.52 bits per heavy atom. The van der Waals surface area contributed by atoms with Gasteiger partial charge in [0.05, 0.1) is 23.3 Å². The van der Waals surface area contributed by atoms with Crippen LogP contribution in [0.25, 0.3) is 0 Å². The molecule has 0 spiro atoms. The van der Waals surface area contributed by atoms with E-state index in [0.29, 0.717) is 29.4 Å². The predicted molar refractivity (Wildman–Crippen MR) is 178 cm³/mol. The Morgan fingerprint density at radius 3 is 2.20 bits per heavy atom. The van der Waals surface area contributed by atoms with Gasteiger partial charge < -0.3 is 9.64 Å². The van der Waals surface area contributed by atoms with Gasteiger partial charge in [-0.25, -0.2) is 8.42 Å². The number of amides is 1. The maximum absolute atomic E-state index is 14.6. The van der Waals surface area contributed by atoms with E-state index in [0.717, 1.165) is 21.2 Å². The molecule has 1 N–H and O–H groups in total. The van der Waals surface area contributed by atoms with Crippen LogP contribution in [0.15, 0.2) is 131 Å². The van der Waals surface area contributed by atoms with Gasteiger partial charge in [-0.3, -0.25) is 14.4 Å². The Morgan fingerprint density at radius 1 is 0.841 bits per heavy atom. The molecule has 0 fully saturated rings. The van der Waals surface area contributed by atoms with Crippen molar-refractivity contribution in [3.8, 4) is 5.75 Å². The molecule has 44 heavy (non-hydrogen) atoms. The van der Waals surface area contributed by atoms with Gasteiger partial charge in [0.1, 0.15) is 11.9 Å². The number of carbonyl (C=O) groups excluding carboxylic acids is 1. The molecular weight excluding hydrogens is 638 g/mol. The largest absolute Gasteiger partial charge is 0.497 e. The first-order chi connectivity index (χ1) is 21.2. The van der Waals surface area contributed by atoms with Crippen LogP contribution in [0.4, 0.5) is 17.1 Å². The van der Waals surface area contributed by atoms with Crippen LogP contribution in [0.5, 0.6) is 5.75 Å². The molecule has 7 nitrogen and oxygen atoms in total. The molecule has 0 bridgehead atoms. The lowest BCUT2D eigenvalue weighted by Gasteiger charge is -2.46. The van der Waals surface area contributed by atoms with Crippen molar-refractivity contribution in [3.05, 3.63) is 148 Å². The van der Waals surface area contributed by atoms with Gasteiger partial charge in [0, 0.05) is 28.0 Å². The van der Waals surface area contributed by atoms with Gasteiger partial charge in [-0.1, -0.05) is 82.2 Å². The Balaban J connectivity index is 1.53. The smallest absolute Gasteiger partial charge is 0.262 e. The van der Waals surface area contributed by atoms with Crippen LogP contribution in [-0.2, 0) is 16.6 Å². The summed E-state index contributed by atoms with van der Waals surface area (Å²) >= 11 is 3.73. The number of hydrogen-bond acceptors (Lipinski definition) is 5. The van der Waals surface area contributed by atoms with Gasteiger partial charge >= 0.3 is 0 Å². The molecule has 5 aromatic rings. The van der Waals surface area contributed by atoms with Crippen LogP contribution in [0.1, 0.15) is 33.2 Å². The molecule has 5 aromatic carbocycles. The quantitative estimate of drug-likeness (QED) is 0.182. The number of fused-ring (bicyclic) bond motifs is 1. The fourth-order valence-corrected chi connectivity index (χ4v) is 6.97. The van der Waals surface area contributed by atoms with Crippen LogP contribution < -0.4 is 19.3 Å². The van der Waals surface area contributed by atoms with E-state index in [4.69, 9.17) is 4.74 Å². The molecule has 1 atom stereocenters. The number of sulfonamides is 1. The van der Waals surface area contributed by atoms with Crippen LogP contribution in [-0.4, -0.2) is 21.4 Å². The van der Waals surface area contributed by atoms with Crippen LogP contribution in [0, 0.1) is 6.92 Å². The third-order valence-electron chi connectivity index (χ3n) is 7.61. The van der Waals surface area contributed by atoms with Crippen molar-refractivity contribution in [2.45, 2.75) is 24.5 Å². The second kappa shape index (κ2) is 12.2. The van der Waals surface area contributed by atoms with Crippen LogP contribution in [0.2, 0.25) is 0 Å². The summed E-state index contributed by atoms with van der Waals surface area (Å²) in [7, 11) is -2.39. The van der Waals surface area contributed by atoms with Crippen molar-refractivity contribution in [1.29, 1.82) is 0 Å². The van der Waals surface area contributed by atoms with E-state index < -0.39 is 16.2 Å². The van der Waals surface area contributed by atoms with Gasteiger partial charge in [-0.05, 0) is 73.2 Å². The van der Waals surface area contributed by atoms with Crippen molar-refractivity contribution < 1.29 is 17.9 Å². The first kappa shape index (κ1) is 29.5. The Bertz CT molecular complexity index is 1910. The van der Waals surface area contributed by atoms with E-state index in [1.807, 2.05) is 97.9 Å². The number of methoxy groups -OCH3 is 1. The lowest BCUT2D eigenvalue weighted by molar-refractivity contribution is 0.0968. The third-order valence-corrected chi connectivity index (χ3v) is 9.71. The first-order valence-corrected chi connectivity index (χ1v) is 16.3. The molecule has 1 heterocycles. The third kappa shape index (κ3) is 5.80. The van der Waals surface area contributed by atoms with E-state index in [9.17, 15) is 13.2 Å². The Hall–Kier alpha value is -4.60. The highest BCUT2D eigenvalue weighted by Gasteiger charge is 2.41. The summed E-state index contributed by atoms with van der Waals surface area (Å²) in [6, 6.07) is 37.0. The number of nitrogens with one attached hydrogen (secondary N) is 1. The second-order valence-corrected chi connectivity index (χ2v) is 13.1.